The molecule has 0 bridgehead atoms. The van der Waals surface area contributed by atoms with Crippen molar-refractivity contribution >= 4 is 30.2 Å². The molecule has 1 heterocycles. The molecule has 5 nitrogen and oxygen atoms in total. The number of carbonyl (C=O) groups excluding carboxylic acids is 1. The third kappa shape index (κ3) is 3.10. The zero-order chi connectivity index (χ0) is 17.1. The summed E-state index contributed by atoms with van der Waals surface area (Å²) in [5.74, 6) is -2.63. The Kier molecular flexibility index (Phi) is 4.24. The Hall–Kier alpha value is -3.21. The predicted molar refractivity (Wildman–Crippen MR) is 90.5 cm³/mol. The van der Waals surface area contributed by atoms with E-state index in [9.17, 15) is 9.59 Å². The summed E-state index contributed by atoms with van der Waals surface area (Å²) in [6, 6.07) is 13.1. The summed E-state index contributed by atoms with van der Waals surface area (Å²) in [6.45, 7) is 0. The quantitative estimate of drug-likeness (QED) is 0.785. The minimum absolute atomic E-state index is 0.347. The SMILES string of the molecule is NC(=O)C(CC(=O)O)c1cccc2c1=CC=c1ccccc1=CN=2. The van der Waals surface area contributed by atoms with E-state index in [1.807, 2.05) is 42.5 Å². The standard InChI is InChI=1S/C19H16N2O3/c20-19(24)16(10-18(22)23)14-6-3-7-17-15(14)9-8-12-4-1-2-5-13(12)11-21-17/h1-9,11,16H,10H2,(H2,20,24)(H,22,23). The molecule has 2 aromatic carbocycles. The highest BCUT2D eigenvalue weighted by Crippen LogP contribution is 2.15. The number of carboxylic acids is 1. The third-order valence-corrected chi connectivity index (χ3v) is 3.98. The highest BCUT2D eigenvalue weighted by atomic mass is 16.4. The van der Waals surface area contributed by atoms with Crippen molar-refractivity contribution in [3.05, 3.63) is 69.0 Å². The molecule has 0 spiro atoms. The van der Waals surface area contributed by atoms with Crippen LogP contribution in [0.15, 0.2) is 47.5 Å². The van der Waals surface area contributed by atoms with Crippen molar-refractivity contribution in [1.29, 1.82) is 0 Å². The van der Waals surface area contributed by atoms with Crippen LogP contribution in [0.25, 0.3) is 18.4 Å². The minimum atomic E-state index is -1.07. The van der Waals surface area contributed by atoms with Crippen LogP contribution < -0.4 is 26.7 Å². The summed E-state index contributed by atoms with van der Waals surface area (Å²) in [7, 11) is 0. The number of nitrogens with two attached hydrogens (primary N) is 1. The fraction of sp³-hybridized carbons (Fsp3) is 0.105. The van der Waals surface area contributed by atoms with Crippen molar-refractivity contribution in [2.75, 3.05) is 0 Å². The zero-order valence-electron chi connectivity index (χ0n) is 12.8. The monoisotopic (exact) mass is 320 g/mol. The number of fused-ring (bicyclic) bond motifs is 2. The number of primary amides is 1. The van der Waals surface area contributed by atoms with Crippen LogP contribution in [-0.4, -0.2) is 17.0 Å². The van der Waals surface area contributed by atoms with Crippen LogP contribution >= 0.6 is 0 Å². The van der Waals surface area contributed by atoms with Gasteiger partial charge in [0.15, 0.2) is 0 Å². The van der Waals surface area contributed by atoms with E-state index in [2.05, 4.69) is 4.99 Å². The third-order valence-electron chi connectivity index (χ3n) is 3.98. The number of benzene rings is 2. The van der Waals surface area contributed by atoms with Crippen molar-refractivity contribution in [1.82, 2.24) is 0 Å². The Morgan fingerprint density at radius 3 is 2.50 bits per heavy atom. The van der Waals surface area contributed by atoms with Crippen LogP contribution in [0.4, 0.5) is 0 Å². The molecule has 5 heteroatoms. The lowest BCUT2D eigenvalue weighted by molar-refractivity contribution is -0.139. The lowest BCUT2D eigenvalue weighted by Gasteiger charge is -2.12. The van der Waals surface area contributed by atoms with Crippen LogP contribution in [-0.2, 0) is 9.59 Å². The first kappa shape index (κ1) is 15.7. The van der Waals surface area contributed by atoms with Crippen LogP contribution in [0, 0.1) is 0 Å². The number of carboxylic acid groups (broad SMARTS) is 1. The maximum absolute atomic E-state index is 11.8. The lowest BCUT2D eigenvalue weighted by atomic mass is 9.92. The average molecular weight is 320 g/mol. The first-order valence-corrected chi connectivity index (χ1v) is 7.51. The Morgan fingerprint density at radius 1 is 1.04 bits per heavy atom. The highest BCUT2D eigenvalue weighted by molar-refractivity contribution is 5.86. The van der Waals surface area contributed by atoms with E-state index in [4.69, 9.17) is 10.8 Å². The molecule has 1 atom stereocenters. The van der Waals surface area contributed by atoms with E-state index >= 15 is 0 Å². The molecular formula is C19H16N2O3. The van der Waals surface area contributed by atoms with Crippen molar-refractivity contribution in [2.45, 2.75) is 12.3 Å². The Morgan fingerprint density at radius 2 is 1.79 bits per heavy atom. The van der Waals surface area contributed by atoms with E-state index in [-0.39, 0.29) is 6.42 Å². The molecule has 0 fully saturated rings. The van der Waals surface area contributed by atoms with Crippen LogP contribution in [0.5, 0.6) is 0 Å². The smallest absolute Gasteiger partial charge is 0.304 e. The normalized spacial score (nSPS) is 13.3. The first-order valence-electron chi connectivity index (χ1n) is 7.51. The predicted octanol–water partition coefficient (Wildman–Crippen LogP) is -0.637. The molecule has 0 radical (unpaired) electrons. The van der Waals surface area contributed by atoms with Crippen molar-refractivity contribution in [3.8, 4) is 0 Å². The Balaban J connectivity index is 2.28. The molecular weight excluding hydrogens is 304 g/mol. The van der Waals surface area contributed by atoms with Gasteiger partial charge < -0.3 is 10.8 Å². The summed E-state index contributed by atoms with van der Waals surface area (Å²) in [5.41, 5.74) is 6.01. The summed E-state index contributed by atoms with van der Waals surface area (Å²) in [4.78, 5) is 27.4. The minimum Gasteiger partial charge on any atom is -0.481 e. The molecule has 3 N–H and O–H groups in total. The van der Waals surface area contributed by atoms with Gasteiger partial charge in [-0.05, 0) is 22.1 Å². The number of rotatable bonds is 4. The molecule has 1 unspecified atom stereocenters. The van der Waals surface area contributed by atoms with Crippen molar-refractivity contribution in [2.24, 2.45) is 10.7 Å². The summed E-state index contributed by atoms with van der Waals surface area (Å²) in [5, 5.41) is 12.4. The Labute approximate surface area is 137 Å². The number of carbonyl (C=O) groups is 2. The molecule has 2 aromatic rings. The molecule has 0 saturated heterocycles. The highest BCUT2D eigenvalue weighted by Gasteiger charge is 2.22. The number of hydrogen-bond donors (Lipinski definition) is 2. The molecule has 3 rings (SSSR count). The fourth-order valence-corrected chi connectivity index (χ4v) is 2.80. The van der Waals surface area contributed by atoms with Crippen LogP contribution in [0.2, 0.25) is 0 Å². The average Bonchev–Trinajstić information content (AvgIpc) is 2.54. The molecule has 1 amide bonds. The summed E-state index contributed by atoms with van der Waals surface area (Å²) in [6.07, 6.45) is 5.21. The topological polar surface area (TPSA) is 92.8 Å². The molecule has 1 aliphatic heterocycles. The van der Waals surface area contributed by atoms with Gasteiger partial charge in [0.2, 0.25) is 5.91 Å². The van der Waals surface area contributed by atoms with Crippen LogP contribution in [0.3, 0.4) is 0 Å². The van der Waals surface area contributed by atoms with E-state index < -0.39 is 17.8 Å². The second kappa shape index (κ2) is 6.50. The van der Waals surface area contributed by atoms with Crippen LogP contribution in [0.1, 0.15) is 17.9 Å². The lowest BCUT2D eigenvalue weighted by Crippen LogP contribution is -2.36. The van der Waals surface area contributed by atoms with E-state index in [0.29, 0.717) is 16.1 Å². The largest absolute Gasteiger partial charge is 0.481 e. The van der Waals surface area contributed by atoms with Gasteiger partial charge in [-0.1, -0.05) is 48.6 Å². The second-order valence-electron chi connectivity index (χ2n) is 5.55. The first-order chi connectivity index (χ1) is 11.6. The van der Waals surface area contributed by atoms with E-state index in [1.54, 1.807) is 18.3 Å². The molecule has 0 aromatic heterocycles. The summed E-state index contributed by atoms with van der Waals surface area (Å²) >= 11 is 0. The number of aliphatic carboxylic acids is 1. The maximum atomic E-state index is 11.8. The number of hydrogen-bond acceptors (Lipinski definition) is 3. The molecule has 120 valence electrons. The molecule has 0 aliphatic carbocycles. The molecule has 24 heavy (non-hydrogen) atoms. The maximum Gasteiger partial charge on any atom is 0.304 e. The van der Waals surface area contributed by atoms with E-state index in [1.165, 1.54) is 0 Å². The van der Waals surface area contributed by atoms with Gasteiger partial charge in [-0.2, -0.15) is 0 Å². The fourth-order valence-electron chi connectivity index (χ4n) is 2.80. The van der Waals surface area contributed by atoms with Gasteiger partial charge in [0.05, 0.1) is 17.7 Å². The number of amides is 1. The van der Waals surface area contributed by atoms with Crippen molar-refractivity contribution < 1.29 is 14.7 Å². The van der Waals surface area contributed by atoms with Gasteiger partial charge in [-0.25, -0.2) is 0 Å². The summed E-state index contributed by atoms with van der Waals surface area (Å²) < 4.78 is 0. The molecule has 1 aliphatic rings. The number of nitrogens with zero attached hydrogens (tertiary/aromatic N) is 1. The van der Waals surface area contributed by atoms with E-state index in [0.717, 1.165) is 10.4 Å². The van der Waals surface area contributed by atoms with Crippen molar-refractivity contribution in [3.63, 3.8) is 0 Å². The molecule has 0 saturated carbocycles. The van der Waals surface area contributed by atoms with Gasteiger partial charge >= 0.3 is 5.97 Å². The van der Waals surface area contributed by atoms with Gasteiger partial charge in [-0.15, -0.1) is 0 Å². The van der Waals surface area contributed by atoms with Gasteiger partial charge in [0.25, 0.3) is 0 Å². The second-order valence-corrected chi connectivity index (χ2v) is 5.55. The van der Waals surface area contributed by atoms with Gasteiger partial charge in [0.1, 0.15) is 0 Å². The van der Waals surface area contributed by atoms with Gasteiger partial charge in [0, 0.05) is 11.4 Å². The van der Waals surface area contributed by atoms with Gasteiger partial charge in [-0.3, -0.25) is 14.6 Å². The Bertz CT molecular complexity index is 1050. The zero-order valence-corrected chi connectivity index (χ0v) is 12.8.